The molecule has 3 heterocycles. The lowest BCUT2D eigenvalue weighted by molar-refractivity contribution is -0.131. The first-order valence-electron chi connectivity index (χ1n) is 11.3. The van der Waals surface area contributed by atoms with Gasteiger partial charge < -0.3 is 19.5 Å². The lowest BCUT2D eigenvalue weighted by Crippen LogP contribution is -2.35. The summed E-state index contributed by atoms with van der Waals surface area (Å²) in [7, 11) is 0. The molecular weight excluding hydrogens is 380 g/mol. The second-order valence-electron chi connectivity index (χ2n) is 8.26. The average molecular weight is 413 g/mol. The highest BCUT2D eigenvalue weighted by atomic mass is 16.5. The number of carbonyl (C=O) groups excluding carboxylic acids is 2. The van der Waals surface area contributed by atoms with Crippen LogP contribution in [0.3, 0.4) is 0 Å². The van der Waals surface area contributed by atoms with Crippen molar-refractivity contribution in [3.8, 4) is 0 Å². The molecule has 4 rings (SSSR count). The van der Waals surface area contributed by atoms with Crippen LogP contribution in [-0.4, -0.2) is 58.6 Å². The van der Waals surface area contributed by atoms with E-state index in [-0.39, 0.29) is 17.9 Å². The molecule has 2 aliphatic rings. The van der Waals surface area contributed by atoms with Crippen molar-refractivity contribution in [2.45, 2.75) is 64.0 Å². The molecule has 1 atom stereocenters. The Balaban J connectivity index is 1.39. The molecule has 2 amide bonds. The summed E-state index contributed by atoms with van der Waals surface area (Å²) in [5.41, 5.74) is 1.97. The van der Waals surface area contributed by atoms with Gasteiger partial charge in [-0.1, -0.05) is 25.0 Å². The number of aromatic nitrogens is 2. The van der Waals surface area contributed by atoms with E-state index in [1.165, 1.54) is 12.8 Å². The fourth-order valence-corrected chi connectivity index (χ4v) is 4.45. The number of fused-ring (bicyclic) bond motifs is 1. The summed E-state index contributed by atoms with van der Waals surface area (Å²) in [6.07, 6.45) is 7.19. The zero-order chi connectivity index (χ0) is 20.8. The number of hydrogen-bond donors (Lipinski definition) is 1. The highest BCUT2D eigenvalue weighted by Crippen LogP contribution is 2.18. The number of aryl methyl sites for hydroxylation is 1. The molecule has 2 aromatic rings. The van der Waals surface area contributed by atoms with Gasteiger partial charge >= 0.3 is 0 Å². The molecule has 1 aromatic heterocycles. The molecule has 2 aliphatic heterocycles. The topological polar surface area (TPSA) is 76.5 Å². The van der Waals surface area contributed by atoms with E-state index in [1.54, 1.807) is 0 Å². The Morgan fingerprint density at radius 1 is 1.10 bits per heavy atom. The molecule has 1 aromatic carbocycles. The van der Waals surface area contributed by atoms with E-state index in [0.717, 1.165) is 55.6 Å². The standard InChI is InChI=1S/C23H32N4O3/c28-22(26-14-5-1-2-6-15-26)12-16-27-19-9-4-3-8-18(19)25-21(27)11-13-24-23(29)20-10-7-17-30-20/h3-4,8-9,20H,1-2,5-7,10-17H2,(H,24,29). The van der Waals surface area contributed by atoms with Crippen molar-refractivity contribution < 1.29 is 14.3 Å². The number of likely N-dealkylation sites (tertiary alicyclic amines) is 1. The van der Waals surface area contributed by atoms with Gasteiger partial charge in [0, 0.05) is 45.6 Å². The predicted molar refractivity (Wildman–Crippen MR) is 115 cm³/mol. The molecule has 7 heteroatoms. The number of amides is 2. The second-order valence-corrected chi connectivity index (χ2v) is 8.26. The summed E-state index contributed by atoms with van der Waals surface area (Å²) in [6.45, 7) is 3.56. The van der Waals surface area contributed by atoms with Crippen LogP contribution in [0.1, 0.15) is 50.8 Å². The van der Waals surface area contributed by atoms with Gasteiger partial charge in [-0.05, 0) is 37.8 Å². The predicted octanol–water partition coefficient (Wildman–Crippen LogP) is 2.67. The Labute approximate surface area is 177 Å². The minimum Gasteiger partial charge on any atom is -0.368 e. The molecule has 0 aliphatic carbocycles. The van der Waals surface area contributed by atoms with E-state index in [2.05, 4.69) is 9.88 Å². The quantitative estimate of drug-likeness (QED) is 0.759. The Bertz CT molecular complexity index is 864. The van der Waals surface area contributed by atoms with E-state index < -0.39 is 0 Å². The number of ether oxygens (including phenoxy) is 1. The summed E-state index contributed by atoms with van der Waals surface area (Å²) in [5.74, 6) is 1.10. The van der Waals surface area contributed by atoms with Crippen LogP contribution in [0.4, 0.5) is 0 Å². The molecule has 2 saturated heterocycles. The van der Waals surface area contributed by atoms with Crippen LogP contribution < -0.4 is 5.32 Å². The van der Waals surface area contributed by atoms with Gasteiger partial charge in [-0.15, -0.1) is 0 Å². The second kappa shape index (κ2) is 10.1. The first kappa shape index (κ1) is 20.8. The van der Waals surface area contributed by atoms with Crippen LogP contribution in [0.5, 0.6) is 0 Å². The molecular formula is C23H32N4O3. The highest BCUT2D eigenvalue weighted by molar-refractivity contribution is 5.81. The first-order chi connectivity index (χ1) is 14.7. The maximum absolute atomic E-state index is 12.8. The number of rotatable bonds is 7. The van der Waals surface area contributed by atoms with Gasteiger partial charge in [0.25, 0.3) is 0 Å². The molecule has 0 spiro atoms. The number of benzene rings is 1. The van der Waals surface area contributed by atoms with Crippen LogP contribution in [0.15, 0.2) is 24.3 Å². The average Bonchev–Trinajstić information content (AvgIpc) is 3.32. The van der Waals surface area contributed by atoms with E-state index in [9.17, 15) is 9.59 Å². The summed E-state index contributed by atoms with van der Waals surface area (Å²) < 4.78 is 7.59. The fraction of sp³-hybridized carbons (Fsp3) is 0.609. The lowest BCUT2D eigenvalue weighted by atomic mass is 10.2. The van der Waals surface area contributed by atoms with Crippen molar-refractivity contribution in [1.29, 1.82) is 0 Å². The van der Waals surface area contributed by atoms with Crippen LogP contribution >= 0.6 is 0 Å². The number of nitrogens with one attached hydrogen (secondary N) is 1. The van der Waals surface area contributed by atoms with Crippen LogP contribution in [0, 0.1) is 0 Å². The first-order valence-corrected chi connectivity index (χ1v) is 11.3. The largest absolute Gasteiger partial charge is 0.368 e. The highest BCUT2D eigenvalue weighted by Gasteiger charge is 2.23. The van der Waals surface area contributed by atoms with Gasteiger partial charge in [0.1, 0.15) is 11.9 Å². The third-order valence-electron chi connectivity index (χ3n) is 6.11. The minimum absolute atomic E-state index is 0.0356. The van der Waals surface area contributed by atoms with E-state index >= 15 is 0 Å². The summed E-state index contributed by atoms with van der Waals surface area (Å²) in [4.78, 5) is 31.8. The number of hydrogen-bond acceptors (Lipinski definition) is 4. The maximum Gasteiger partial charge on any atom is 0.249 e. The zero-order valence-corrected chi connectivity index (χ0v) is 17.6. The molecule has 1 N–H and O–H groups in total. The Kier molecular flexibility index (Phi) is 7.00. The summed E-state index contributed by atoms with van der Waals surface area (Å²) in [6, 6.07) is 8.02. The Morgan fingerprint density at radius 3 is 2.67 bits per heavy atom. The van der Waals surface area contributed by atoms with E-state index in [4.69, 9.17) is 9.72 Å². The summed E-state index contributed by atoms with van der Waals surface area (Å²) >= 11 is 0. The van der Waals surface area contributed by atoms with Crippen molar-refractivity contribution in [2.75, 3.05) is 26.2 Å². The normalized spacial score (nSPS) is 19.7. The molecule has 1 unspecified atom stereocenters. The van der Waals surface area contributed by atoms with Gasteiger partial charge in [-0.25, -0.2) is 4.98 Å². The number of para-hydroxylation sites is 2. The number of nitrogens with zero attached hydrogens (tertiary/aromatic N) is 3. The van der Waals surface area contributed by atoms with Crippen molar-refractivity contribution in [2.24, 2.45) is 0 Å². The van der Waals surface area contributed by atoms with Gasteiger partial charge in [0.15, 0.2) is 0 Å². The number of imidazole rings is 1. The van der Waals surface area contributed by atoms with Crippen LogP contribution in [0.2, 0.25) is 0 Å². The zero-order valence-electron chi connectivity index (χ0n) is 17.6. The molecule has 2 fully saturated rings. The SMILES string of the molecule is O=C(NCCc1nc2ccccc2n1CCC(=O)N1CCCCCC1)C1CCCO1. The molecule has 0 saturated carbocycles. The van der Waals surface area contributed by atoms with Crippen molar-refractivity contribution in [3.05, 3.63) is 30.1 Å². The van der Waals surface area contributed by atoms with Gasteiger partial charge in [0.2, 0.25) is 11.8 Å². The maximum atomic E-state index is 12.8. The monoisotopic (exact) mass is 412 g/mol. The molecule has 30 heavy (non-hydrogen) atoms. The van der Waals surface area contributed by atoms with Crippen molar-refractivity contribution >= 4 is 22.8 Å². The molecule has 7 nitrogen and oxygen atoms in total. The minimum atomic E-state index is -0.310. The molecule has 0 radical (unpaired) electrons. The van der Waals surface area contributed by atoms with Gasteiger partial charge in [-0.3, -0.25) is 9.59 Å². The fourth-order valence-electron chi connectivity index (χ4n) is 4.45. The van der Waals surface area contributed by atoms with Gasteiger partial charge in [0.05, 0.1) is 11.0 Å². The van der Waals surface area contributed by atoms with Crippen molar-refractivity contribution in [1.82, 2.24) is 19.8 Å². The van der Waals surface area contributed by atoms with Gasteiger partial charge in [-0.2, -0.15) is 0 Å². The van der Waals surface area contributed by atoms with E-state index in [1.807, 2.05) is 29.2 Å². The van der Waals surface area contributed by atoms with Crippen LogP contribution in [0.25, 0.3) is 11.0 Å². The summed E-state index contributed by atoms with van der Waals surface area (Å²) in [5, 5.41) is 2.98. The van der Waals surface area contributed by atoms with Crippen molar-refractivity contribution in [3.63, 3.8) is 0 Å². The Morgan fingerprint density at radius 2 is 1.90 bits per heavy atom. The third kappa shape index (κ3) is 5.01. The van der Waals surface area contributed by atoms with Crippen LogP contribution in [-0.2, 0) is 27.3 Å². The third-order valence-corrected chi connectivity index (χ3v) is 6.11. The molecule has 0 bridgehead atoms. The lowest BCUT2D eigenvalue weighted by Gasteiger charge is -2.20. The number of carbonyl (C=O) groups is 2. The molecule has 162 valence electrons. The Hall–Kier alpha value is -2.41. The van der Waals surface area contributed by atoms with E-state index in [0.29, 0.717) is 32.5 Å². The smallest absolute Gasteiger partial charge is 0.249 e.